The van der Waals surface area contributed by atoms with Gasteiger partial charge in [0.2, 0.25) is 0 Å². The Balaban J connectivity index is 2.06. The number of hydrogen-bond donors (Lipinski definition) is 2. The predicted octanol–water partition coefficient (Wildman–Crippen LogP) is 1.38. The molecule has 1 aromatic rings. The van der Waals surface area contributed by atoms with E-state index in [9.17, 15) is 14.3 Å². The normalized spacial score (nSPS) is 24.5. The van der Waals surface area contributed by atoms with Crippen LogP contribution in [-0.2, 0) is 6.42 Å². The van der Waals surface area contributed by atoms with Crippen LogP contribution in [0.25, 0.3) is 0 Å². The molecule has 1 aliphatic rings. The smallest absolute Gasteiger partial charge is 0.407 e. The van der Waals surface area contributed by atoms with Crippen molar-refractivity contribution in [2.24, 2.45) is 0 Å². The Hall–Kier alpha value is -1.69. The summed E-state index contributed by atoms with van der Waals surface area (Å²) in [5.41, 5.74) is 1.51. The average molecular weight is 268 g/mol. The molecule has 0 radical (unpaired) electrons. The van der Waals surface area contributed by atoms with E-state index in [1.165, 1.54) is 0 Å². The van der Waals surface area contributed by atoms with Crippen LogP contribution in [0.1, 0.15) is 17.8 Å². The second-order valence-electron chi connectivity index (χ2n) is 4.88. The number of pyridine rings is 1. The third-order valence-corrected chi connectivity index (χ3v) is 3.35. The number of carboxylic acid groups (broad SMARTS) is 1. The van der Waals surface area contributed by atoms with Crippen molar-refractivity contribution < 1.29 is 19.4 Å². The van der Waals surface area contributed by atoms with Gasteiger partial charge in [0.05, 0.1) is 18.7 Å². The van der Waals surface area contributed by atoms with Crippen LogP contribution in [0.15, 0.2) is 18.2 Å². The average Bonchev–Trinajstić information content (AvgIpc) is 2.71. The minimum atomic E-state index is -1.21. The molecule has 2 N–H and O–H groups in total. The summed E-state index contributed by atoms with van der Waals surface area (Å²) in [4.78, 5) is 16.2. The van der Waals surface area contributed by atoms with Crippen LogP contribution >= 0.6 is 0 Å². The molecule has 1 fully saturated rings. The first-order valence-corrected chi connectivity index (χ1v) is 6.21. The number of aliphatic hydroxyl groups excluding tert-OH is 1. The maximum Gasteiger partial charge on any atom is 0.407 e. The summed E-state index contributed by atoms with van der Waals surface area (Å²) in [7, 11) is 0. The fourth-order valence-corrected chi connectivity index (χ4v) is 2.46. The molecule has 2 rings (SSSR count). The SMILES string of the molecule is Cc1cccc(C[C@H](O)C2CC(F)CN2C(=O)O)n1. The monoisotopic (exact) mass is 268 g/mol. The topological polar surface area (TPSA) is 73.7 Å². The highest BCUT2D eigenvalue weighted by Crippen LogP contribution is 2.24. The Kier molecular flexibility index (Phi) is 3.99. The highest BCUT2D eigenvalue weighted by Gasteiger charge is 2.39. The second-order valence-corrected chi connectivity index (χ2v) is 4.88. The quantitative estimate of drug-likeness (QED) is 0.868. The van der Waals surface area contributed by atoms with Crippen molar-refractivity contribution in [3.8, 4) is 0 Å². The highest BCUT2D eigenvalue weighted by atomic mass is 19.1. The molecule has 104 valence electrons. The van der Waals surface area contributed by atoms with Gasteiger partial charge in [0, 0.05) is 24.2 Å². The number of amides is 1. The van der Waals surface area contributed by atoms with Gasteiger partial charge in [-0.05, 0) is 19.1 Å². The zero-order valence-electron chi connectivity index (χ0n) is 10.7. The molecule has 1 aromatic heterocycles. The van der Waals surface area contributed by atoms with E-state index in [1.807, 2.05) is 19.1 Å². The maximum absolute atomic E-state index is 13.3. The van der Waals surface area contributed by atoms with Gasteiger partial charge in [-0.2, -0.15) is 0 Å². The third-order valence-electron chi connectivity index (χ3n) is 3.35. The van der Waals surface area contributed by atoms with Gasteiger partial charge >= 0.3 is 6.09 Å². The molecular formula is C13H17FN2O3. The molecule has 1 aliphatic heterocycles. The Bertz CT molecular complexity index is 469. The first-order chi connectivity index (χ1) is 8.97. The van der Waals surface area contributed by atoms with Crippen LogP contribution in [0.3, 0.4) is 0 Å². The van der Waals surface area contributed by atoms with Gasteiger partial charge in [0.15, 0.2) is 0 Å². The number of halogens is 1. The number of hydrogen-bond acceptors (Lipinski definition) is 3. The summed E-state index contributed by atoms with van der Waals surface area (Å²) < 4.78 is 13.3. The van der Waals surface area contributed by atoms with Crippen LogP contribution in [-0.4, -0.2) is 51.1 Å². The van der Waals surface area contributed by atoms with Gasteiger partial charge in [0.1, 0.15) is 6.17 Å². The number of rotatable bonds is 3. The summed E-state index contributed by atoms with van der Waals surface area (Å²) >= 11 is 0. The van der Waals surface area contributed by atoms with Crippen LogP contribution in [0.5, 0.6) is 0 Å². The van der Waals surface area contributed by atoms with Crippen LogP contribution in [0.4, 0.5) is 9.18 Å². The van der Waals surface area contributed by atoms with E-state index < -0.39 is 24.4 Å². The van der Waals surface area contributed by atoms with E-state index in [1.54, 1.807) is 6.07 Å². The van der Waals surface area contributed by atoms with Crippen LogP contribution in [0.2, 0.25) is 0 Å². The number of nitrogens with zero attached hydrogens (tertiary/aromatic N) is 2. The molecule has 5 nitrogen and oxygen atoms in total. The van der Waals surface area contributed by atoms with Gasteiger partial charge in [-0.15, -0.1) is 0 Å². The second kappa shape index (κ2) is 5.52. The van der Waals surface area contributed by atoms with Gasteiger partial charge in [-0.25, -0.2) is 9.18 Å². The van der Waals surface area contributed by atoms with E-state index in [2.05, 4.69) is 4.98 Å². The maximum atomic E-state index is 13.3. The van der Waals surface area contributed by atoms with Crippen molar-refractivity contribution in [2.75, 3.05) is 6.54 Å². The zero-order chi connectivity index (χ0) is 14.0. The van der Waals surface area contributed by atoms with E-state index in [0.717, 1.165) is 10.6 Å². The van der Waals surface area contributed by atoms with Gasteiger partial charge in [0.25, 0.3) is 0 Å². The van der Waals surface area contributed by atoms with Gasteiger partial charge in [-0.3, -0.25) is 9.88 Å². The minimum Gasteiger partial charge on any atom is -0.465 e. The van der Waals surface area contributed by atoms with Crippen molar-refractivity contribution in [2.45, 2.75) is 38.1 Å². The fraction of sp³-hybridized carbons (Fsp3) is 0.538. The lowest BCUT2D eigenvalue weighted by Gasteiger charge is -2.25. The number of aliphatic hydroxyl groups is 1. The summed E-state index contributed by atoms with van der Waals surface area (Å²) in [5.74, 6) is 0. The molecule has 0 spiro atoms. The van der Waals surface area contributed by atoms with Crippen molar-refractivity contribution in [3.05, 3.63) is 29.6 Å². The lowest BCUT2D eigenvalue weighted by atomic mass is 10.0. The molecule has 6 heteroatoms. The van der Waals surface area contributed by atoms with Gasteiger partial charge in [-0.1, -0.05) is 6.07 Å². The molecule has 1 saturated heterocycles. The number of likely N-dealkylation sites (tertiary alicyclic amines) is 1. The third kappa shape index (κ3) is 3.20. The summed E-state index contributed by atoms with van der Waals surface area (Å²) in [6.07, 6.45) is -3.07. The van der Waals surface area contributed by atoms with Crippen molar-refractivity contribution in [1.82, 2.24) is 9.88 Å². The number of carbonyl (C=O) groups is 1. The molecular weight excluding hydrogens is 251 g/mol. The molecule has 0 saturated carbocycles. The Morgan fingerprint density at radius 1 is 1.63 bits per heavy atom. The standard InChI is InChI=1S/C13H17FN2O3/c1-8-3-2-4-10(15-8)6-12(17)11-5-9(14)7-16(11)13(18)19/h2-4,9,11-12,17H,5-7H2,1H3,(H,18,19)/t9?,11?,12-/m0/s1. The minimum absolute atomic E-state index is 0.0410. The lowest BCUT2D eigenvalue weighted by Crippen LogP contribution is -2.43. The summed E-state index contributed by atoms with van der Waals surface area (Å²) in [6, 6.07) is 4.73. The molecule has 0 aliphatic carbocycles. The molecule has 1 amide bonds. The van der Waals surface area contributed by atoms with E-state index in [-0.39, 0.29) is 19.4 Å². The van der Waals surface area contributed by atoms with Crippen molar-refractivity contribution in [3.63, 3.8) is 0 Å². The molecule has 2 heterocycles. The Labute approximate surface area is 110 Å². The molecule has 19 heavy (non-hydrogen) atoms. The summed E-state index contributed by atoms with van der Waals surface area (Å²) in [5, 5.41) is 19.1. The predicted molar refractivity (Wildman–Crippen MR) is 66.7 cm³/mol. The van der Waals surface area contributed by atoms with Crippen LogP contribution < -0.4 is 0 Å². The fourth-order valence-electron chi connectivity index (χ4n) is 2.46. The first-order valence-electron chi connectivity index (χ1n) is 6.21. The molecule has 0 aromatic carbocycles. The van der Waals surface area contributed by atoms with E-state index >= 15 is 0 Å². The highest BCUT2D eigenvalue weighted by molar-refractivity contribution is 5.66. The Morgan fingerprint density at radius 2 is 2.37 bits per heavy atom. The summed E-state index contributed by atoms with van der Waals surface area (Å²) in [6.45, 7) is 1.67. The lowest BCUT2D eigenvalue weighted by molar-refractivity contribution is 0.0676. The van der Waals surface area contributed by atoms with E-state index in [0.29, 0.717) is 5.69 Å². The van der Waals surface area contributed by atoms with Crippen LogP contribution in [0, 0.1) is 6.92 Å². The first kappa shape index (κ1) is 13.7. The number of alkyl halides is 1. The number of aromatic nitrogens is 1. The van der Waals surface area contributed by atoms with Gasteiger partial charge < -0.3 is 10.2 Å². The molecule has 3 atom stereocenters. The van der Waals surface area contributed by atoms with Crippen molar-refractivity contribution >= 4 is 6.09 Å². The zero-order valence-corrected chi connectivity index (χ0v) is 10.7. The number of aryl methyl sites for hydroxylation is 1. The van der Waals surface area contributed by atoms with E-state index in [4.69, 9.17) is 5.11 Å². The molecule has 2 unspecified atom stereocenters. The largest absolute Gasteiger partial charge is 0.465 e. The Morgan fingerprint density at radius 3 is 3.00 bits per heavy atom. The van der Waals surface area contributed by atoms with Crippen molar-refractivity contribution in [1.29, 1.82) is 0 Å². The molecule has 0 bridgehead atoms.